The molecule has 0 aliphatic carbocycles. The number of hydrogen-bond acceptors (Lipinski definition) is 3. The maximum atomic E-state index is 10.3. The number of hydrogen-bond donors (Lipinski definition) is 1. The molecule has 1 aromatic carbocycles. The molecule has 1 heterocycles. The Kier molecular flexibility index (Phi) is 4.40. The Balaban J connectivity index is 2.12. The summed E-state index contributed by atoms with van der Waals surface area (Å²) >= 11 is 0. The fourth-order valence-corrected chi connectivity index (χ4v) is 2.12. The highest BCUT2D eigenvalue weighted by atomic mass is 16.5. The quantitative estimate of drug-likeness (QED) is 0.854. The molecule has 17 heavy (non-hydrogen) atoms. The predicted octanol–water partition coefficient (Wildman–Crippen LogP) is 2.69. The molecule has 2 unspecified atom stereocenters. The second kappa shape index (κ2) is 6.03. The van der Waals surface area contributed by atoms with E-state index >= 15 is 0 Å². The molecule has 94 valence electrons. The predicted molar refractivity (Wildman–Crippen MR) is 66.2 cm³/mol. The SMILES string of the molecule is CCCOc1ccccc1C(O)C1CCCO1. The number of benzene rings is 1. The summed E-state index contributed by atoms with van der Waals surface area (Å²) in [7, 11) is 0. The van der Waals surface area contributed by atoms with Crippen molar-refractivity contribution < 1.29 is 14.6 Å². The summed E-state index contributed by atoms with van der Waals surface area (Å²) in [5.41, 5.74) is 0.841. The van der Waals surface area contributed by atoms with Crippen LogP contribution in [0.15, 0.2) is 24.3 Å². The topological polar surface area (TPSA) is 38.7 Å². The molecule has 3 nitrogen and oxygen atoms in total. The van der Waals surface area contributed by atoms with Crippen molar-refractivity contribution in [2.75, 3.05) is 13.2 Å². The van der Waals surface area contributed by atoms with Gasteiger partial charge in [0.1, 0.15) is 11.9 Å². The van der Waals surface area contributed by atoms with E-state index in [-0.39, 0.29) is 6.10 Å². The van der Waals surface area contributed by atoms with Gasteiger partial charge < -0.3 is 14.6 Å². The highest BCUT2D eigenvalue weighted by Crippen LogP contribution is 2.32. The Morgan fingerprint density at radius 3 is 3.00 bits per heavy atom. The van der Waals surface area contributed by atoms with E-state index in [0.717, 1.165) is 37.2 Å². The minimum atomic E-state index is -0.578. The van der Waals surface area contributed by atoms with Gasteiger partial charge in [-0.05, 0) is 25.3 Å². The van der Waals surface area contributed by atoms with Crippen molar-refractivity contribution in [1.29, 1.82) is 0 Å². The van der Waals surface area contributed by atoms with E-state index in [9.17, 15) is 5.11 Å². The molecule has 2 atom stereocenters. The molecule has 0 bridgehead atoms. The van der Waals surface area contributed by atoms with Gasteiger partial charge in [0, 0.05) is 12.2 Å². The standard InChI is InChI=1S/C14H20O3/c1-2-9-16-12-7-4-3-6-11(12)14(15)13-8-5-10-17-13/h3-4,6-7,13-15H,2,5,8-10H2,1H3. The molecule has 0 spiro atoms. The Labute approximate surface area is 102 Å². The molecule has 2 rings (SSSR count). The molecule has 3 heteroatoms. The van der Waals surface area contributed by atoms with Crippen LogP contribution < -0.4 is 4.74 Å². The molecule has 0 amide bonds. The van der Waals surface area contributed by atoms with Crippen molar-refractivity contribution in [3.05, 3.63) is 29.8 Å². The number of aliphatic hydroxyl groups excluding tert-OH is 1. The third kappa shape index (κ3) is 2.99. The van der Waals surface area contributed by atoms with Gasteiger partial charge in [0.15, 0.2) is 0 Å². The van der Waals surface area contributed by atoms with Crippen molar-refractivity contribution in [1.82, 2.24) is 0 Å². The van der Waals surface area contributed by atoms with Crippen LogP contribution in [0.2, 0.25) is 0 Å². The molecular weight excluding hydrogens is 216 g/mol. The third-order valence-corrected chi connectivity index (χ3v) is 3.02. The molecule has 1 aliphatic rings. The number of rotatable bonds is 5. The second-order valence-corrected chi connectivity index (χ2v) is 4.38. The van der Waals surface area contributed by atoms with E-state index < -0.39 is 6.10 Å². The van der Waals surface area contributed by atoms with Gasteiger partial charge in [0.2, 0.25) is 0 Å². The molecule has 1 aromatic rings. The van der Waals surface area contributed by atoms with E-state index in [1.54, 1.807) is 0 Å². The second-order valence-electron chi connectivity index (χ2n) is 4.38. The maximum absolute atomic E-state index is 10.3. The van der Waals surface area contributed by atoms with Crippen LogP contribution in [0.3, 0.4) is 0 Å². The van der Waals surface area contributed by atoms with Gasteiger partial charge in [-0.15, -0.1) is 0 Å². The lowest BCUT2D eigenvalue weighted by atomic mass is 10.0. The van der Waals surface area contributed by atoms with Gasteiger partial charge in [0.05, 0.1) is 12.7 Å². The van der Waals surface area contributed by atoms with Crippen LogP contribution in [0.1, 0.15) is 37.9 Å². The third-order valence-electron chi connectivity index (χ3n) is 3.02. The molecule has 1 saturated heterocycles. The highest BCUT2D eigenvalue weighted by Gasteiger charge is 2.27. The van der Waals surface area contributed by atoms with Crippen LogP contribution in [0.5, 0.6) is 5.75 Å². The van der Waals surface area contributed by atoms with E-state index in [1.807, 2.05) is 24.3 Å². The van der Waals surface area contributed by atoms with Crippen molar-refractivity contribution >= 4 is 0 Å². The molecule has 0 saturated carbocycles. The average molecular weight is 236 g/mol. The normalized spacial score (nSPS) is 21.4. The lowest BCUT2D eigenvalue weighted by Crippen LogP contribution is -2.18. The fourth-order valence-electron chi connectivity index (χ4n) is 2.12. The Hall–Kier alpha value is -1.06. The molecule has 0 aromatic heterocycles. The summed E-state index contributed by atoms with van der Waals surface area (Å²) in [6.07, 6.45) is 2.25. The van der Waals surface area contributed by atoms with Gasteiger partial charge in [-0.2, -0.15) is 0 Å². The lowest BCUT2D eigenvalue weighted by Gasteiger charge is -2.20. The monoisotopic (exact) mass is 236 g/mol. The van der Waals surface area contributed by atoms with Gasteiger partial charge in [-0.1, -0.05) is 25.1 Å². The Morgan fingerprint density at radius 1 is 1.47 bits per heavy atom. The number of ether oxygens (including phenoxy) is 2. The lowest BCUT2D eigenvalue weighted by molar-refractivity contribution is -0.00388. The zero-order valence-electron chi connectivity index (χ0n) is 10.3. The molecule has 0 radical (unpaired) electrons. The van der Waals surface area contributed by atoms with Crippen LogP contribution in [0.25, 0.3) is 0 Å². The smallest absolute Gasteiger partial charge is 0.125 e. The first-order chi connectivity index (χ1) is 8.33. The van der Waals surface area contributed by atoms with Gasteiger partial charge in [-0.3, -0.25) is 0 Å². The zero-order valence-corrected chi connectivity index (χ0v) is 10.3. The van der Waals surface area contributed by atoms with E-state index in [2.05, 4.69) is 6.92 Å². The minimum Gasteiger partial charge on any atom is -0.493 e. The molecule has 1 fully saturated rings. The van der Waals surface area contributed by atoms with Gasteiger partial charge in [-0.25, -0.2) is 0 Å². The van der Waals surface area contributed by atoms with Crippen molar-refractivity contribution in [2.45, 2.75) is 38.4 Å². The minimum absolute atomic E-state index is 0.0821. The largest absolute Gasteiger partial charge is 0.493 e. The Morgan fingerprint density at radius 2 is 2.29 bits per heavy atom. The molecule has 1 N–H and O–H groups in total. The summed E-state index contributed by atoms with van der Waals surface area (Å²) in [6, 6.07) is 7.67. The zero-order chi connectivity index (χ0) is 12.1. The Bertz CT molecular complexity index is 345. The summed E-state index contributed by atoms with van der Waals surface area (Å²) in [5, 5.41) is 10.3. The van der Waals surface area contributed by atoms with E-state index in [1.165, 1.54) is 0 Å². The van der Waals surface area contributed by atoms with Crippen LogP contribution >= 0.6 is 0 Å². The van der Waals surface area contributed by atoms with E-state index in [4.69, 9.17) is 9.47 Å². The fraction of sp³-hybridized carbons (Fsp3) is 0.571. The summed E-state index contributed by atoms with van der Waals surface area (Å²) in [4.78, 5) is 0. The van der Waals surface area contributed by atoms with Crippen molar-refractivity contribution in [3.63, 3.8) is 0 Å². The number of aliphatic hydroxyl groups is 1. The van der Waals surface area contributed by atoms with Crippen molar-refractivity contribution in [3.8, 4) is 5.75 Å². The van der Waals surface area contributed by atoms with Crippen LogP contribution in [-0.4, -0.2) is 24.4 Å². The maximum Gasteiger partial charge on any atom is 0.125 e. The van der Waals surface area contributed by atoms with Gasteiger partial charge >= 0.3 is 0 Å². The summed E-state index contributed by atoms with van der Waals surface area (Å²) in [5.74, 6) is 0.775. The van der Waals surface area contributed by atoms with Crippen LogP contribution in [0.4, 0.5) is 0 Å². The molecule has 1 aliphatic heterocycles. The van der Waals surface area contributed by atoms with Gasteiger partial charge in [0.25, 0.3) is 0 Å². The first-order valence-corrected chi connectivity index (χ1v) is 6.34. The summed E-state index contributed by atoms with van der Waals surface area (Å²) < 4.78 is 11.2. The van der Waals surface area contributed by atoms with E-state index in [0.29, 0.717) is 6.61 Å². The average Bonchev–Trinajstić information content (AvgIpc) is 2.89. The number of para-hydroxylation sites is 1. The van der Waals surface area contributed by atoms with Crippen molar-refractivity contribution in [2.24, 2.45) is 0 Å². The first kappa shape index (κ1) is 12.4. The van der Waals surface area contributed by atoms with Crippen LogP contribution in [-0.2, 0) is 4.74 Å². The first-order valence-electron chi connectivity index (χ1n) is 6.34. The molecular formula is C14H20O3. The van der Waals surface area contributed by atoms with Crippen LogP contribution in [0, 0.1) is 0 Å². The summed E-state index contributed by atoms with van der Waals surface area (Å²) in [6.45, 7) is 3.49. The highest BCUT2D eigenvalue weighted by molar-refractivity contribution is 5.35.